The Morgan fingerprint density at radius 1 is 1.00 bits per heavy atom. The molecule has 2 aromatic rings. The van der Waals surface area contributed by atoms with Crippen LogP contribution in [0.15, 0.2) is 36.7 Å². The van der Waals surface area contributed by atoms with Gasteiger partial charge in [-0.3, -0.25) is 4.98 Å². The summed E-state index contributed by atoms with van der Waals surface area (Å²) in [6, 6.07) is 8.00. The lowest BCUT2D eigenvalue weighted by Crippen LogP contribution is -1.86. The van der Waals surface area contributed by atoms with E-state index < -0.39 is 0 Å². The highest BCUT2D eigenvalue weighted by atomic mass is 127. The predicted molar refractivity (Wildman–Crippen MR) is 65.2 cm³/mol. The molecule has 0 aliphatic rings. The van der Waals surface area contributed by atoms with Gasteiger partial charge in [-0.25, -0.2) is 4.98 Å². The average molecular weight is 317 g/mol. The molecule has 70 valence electrons. The van der Waals surface area contributed by atoms with Crippen molar-refractivity contribution in [2.45, 2.75) is 0 Å². The Balaban J connectivity index is 2.50. The van der Waals surface area contributed by atoms with Gasteiger partial charge in [0.2, 0.25) is 0 Å². The van der Waals surface area contributed by atoms with E-state index in [-0.39, 0.29) is 0 Å². The van der Waals surface area contributed by atoms with E-state index in [1.54, 1.807) is 12.4 Å². The Kier molecular flexibility index (Phi) is 2.98. The summed E-state index contributed by atoms with van der Waals surface area (Å²) in [6.45, 7) is 0. The van der Waals surface area contributed by atoms with Crippen LogP contribution < -0.4 is 0 Å². The fraction of sp³-hybridized carbons (Fsp3) is 0. The number of nitrogens with zero attached hydrogens (tertiary/aromatic N) is 2. The van der Waals surface area contributed by atoms with Crippen molar-refractivity contribution in [3.63, 3.8) is 0 Å². The molecule has 14 heavy (non-hydrogen) atoms. The highest BCUT2D eigenvalue weighted by Crippen LogP contribution is 2.23. The number of hydrogen-bond acceptors (Lipinski definition) is 2. The summed E-state index contributed by atoms with van der Waals surface area (Å²) in [5, 5.41) is 0.439. The van der Waals surface area contributed by atoms with Crippen molar-refractivity contribution in [3.05, 3.63) is 45.4 Å². The van der Waals surface area contributed by atoms with E-state index in [4.69, 9.17) is 11.6 Å². The molecule has 0 fully saturated rings. The van der Waals surface area contributed by atoms with Crippen molar-refractivity contribution < 1.29 is 0 Å². The molecule has 0 spiro atoms. The summed E-state index contributed by atoms with van der Waals surface area (Å²) >= 11 is 8.18. The van der Waals surface area contributed by atoms with E-state index in [1.165, 1.54) is 3.57 Å². The van der Waals surface area contributed by atoms with E-state index in [1.807, 2.05) is 24.3 Å². The van der Waals surface area contributed by atoms with Gasteiger partial charge in [-0.15, -0.1) is 0 Å². The highest BCUT2D eigenvalue weighted by Gasteiger charge is 2.04. The van der Waals surface area contributed by atoms with Gasteiger partial charge in [0.15, 0.2) is 5.15 Å². The molecule has 0 amide bonds. The second-order valence-corrected chi connectivity index (χ2v) is 4.31. The Hall–Kier alpha value is -0.680. The Labute approximate surface area is 100 Å². The van der Waals surface area contributed by atoms with Gasteiger partial charge in [0.25, 0.3) is 0 Å². The summed E-state index contributed by atoms with van der Waals surface area (Å²) in [7, 11) is 0. The summed E-state index contributed by atoms with van der Waals surface area (Å²) < 4.78 is 1.19. The van der Waals surface area contributed by atoms with Gasteiger partial charge in [-0.05, 0) is 34.7 Å². The fourth-order valence-electron chi connectivity index (χ4n) is 1.12. The average Bonchev–Trinajstić information content (AvgIpc) is 2.20. The molecule has 0 unspecified atom stereocenters. The lowest BCUT2D eigenvalue weighted by molar-refractivity contribution is 1.21. The van der Waals surface area contributed by atoms with Crippen LogP contribution in [0.25, 0.3) is 11.3 Å². The SMILES string of the molecule is Clc1nccnc1-c1ccc(I)cc1. The van der Waals surface area contributed by atoms with Crippen molar-refractivity contribution in [2.24, 2.45) is 0 Å². The molecule has 0 atom stereocenters. The minimum Gasteiger partial charge on any atom is -0.251 e. The Morgan fingerprint density at radius 3 is 2.29 bits per heavy atom. The van der Waals surface area contributed by atoms with Crippen molar-refractivity contribution in [1.29, 1.82) is 0 Å². The van der Waals surface area contributed by atoms with Crippen LogP contribution in [0.5, 0.6) is 0 Å². The minimum atomic E-state index is 0.439. The number of aromatic nitrogens is 2. The van der Waals surface area contributed by atoms with Crippen LogP contribution in [0.4, 0.5) is 0 Å². The van der Waals surface area contributed by atoms with Crippen LogP contribution in [0, 0.1) is 3.57 Å². The van der Waals surface area contributed by atoms with Crippen LogP contribution in [0.1, 0.15) is 0 Å². The van der Waals surface area contributed by atoms with Crippen molar-refractivity contribution in [1.82, 2.24) is 9.97 Å². The van der Waals surface area contributed by atoms with Crippen molar-refractivity contribution >= 4 is 34.2 Å². The highest BCUT2D eigenvalue weighted by molar-refractivity contribution is 14.1. The topological polar surface area (TPSA) is 25.8 Å². The van der Waals surface area contributed by atoms with Gasteiger partial charge < -0.3 is 0 Å². The van der Waals surface area contributed by atoms with Gasteiger partial charge in [0.05, 0.1) is 0 Å². The minimum absolute atomic E-state index is 0.439. The first-order valence-electron chi connectivity index (χ1n) is 4.00. The van der Waals surface area contributed by atoms with E-state index in [0.29, 0.717) is 5.15 Å². The number of halogens is 2. The second kappa shape index (κ2) is 4.23. The van der Waals surface area contributed by atoms with Gasteiger partial charge in [0.1, 0.15) is 5.69 Å². The summed E-state index contributed by atoms with van der Waals surface area (Å²) in [5.74, 6) is 0. The molecule has 0 aliphatic heterocycles. The first-order chi connectivity index (χ1) is 6.77. The summed E-state index contributed by atoms with van der Waals surface area (Å²) in [5.41, 5.74) is 1.72. The molecule has 1 aromatic heterocycles. The third-order valence-electron chi connectivity index (χ3n) is 1.77. The molecule has 0 N–H and O–H groups in total. The summed E-state index contributed by atoms with van der Waals surface area (Å²) in [4.78, 5) is 8.16. The van der Waals surface area contributed by atoms with E-state index in [2.05, 4.69) is 32.6 Å². The van der Waals surface area contributed by atoms with Gasteiger partial charge >= 0.3 is 0 Å². The monoisotopic (exact) mass is 316 g/mol. The third-order valence-corrected chi connectivity index (χ3v) is 2.77. The predicted octanol–water partition coefficient (Wildman–Crippen LogP) is 3.40. The van der Waals surface area contributed by atoms with Crippen LogP contribution in [0.2, 0.25) is 5.15 Å². The number of benzene rings is 1. The van der Waals surface area contributed by atoms with Gasteiger partial charge in [-0.1, -0.05) is 23.7 Å². The van der Waals surface area contributed by atoms with E-state index in [0.717, 1.165) is 11.3 Å². The molecule has 4 heteroatoms. The molecule has 2 rings (SSSR count). The Bertz CT molecular complexity index is 442. The van der Waals surface area contributed by atoms with Crippen molar-refractivity contribution in [3.8, 4) is 11.3 Å². The lowest BCUT2D eigenvalue weighted by Gasteiger charge is -2.01. The molecule has 0 saturated carbocycles. The number of hydrogen-bond donors (Lipinski definition) is 0. The zero-order chi connectivity index (χ0) is 9.97. The van der Waals surface area contributed by atoms with Crippen LogP contribution in [0.3, 0.4) is 0 Å². The smallest absolute Gasteiger partial charge is 0.155 e. The molecular formula is C10H6ClIN2. The normalized spacial score (nSPS) is 10.1. The van der Waals surface area contributed by atoms with E-state index >= 15 is 0 Å². The molecule has 0 radical (unpaired) electrons. The molecule has 0 saturated heterocycles. The maximum Gasteiger partial charge on any atom is 0.155 e. The standard InChI is InChI=1S/C10H6ClIN2/c11-10-9(13-5-6-14-10)7-1-3-8(12)4-2-7/h1-6H. The maximum absolute atomic E-state index is 5.92. The number of rotatable bonds is 1. The van der Waals surface area contributed by atoms with Crippen LogP contribution in [-0.4, -0.2) is 9.97 Å². The second-order valence-electron chi connectivity index (χ2n) is 2.70. The van der Waals surface area contributed by atoms with E-state index in [9.17, 15) is 0 Å². The molecule has 0 aliphatic carbocycles. The lowest BCUT2D eigenvalue weighted by atomic mass is 10.2. The van der Waals surface area contributed by atoms with Gasteiger partial charge in [-0.2, -0.15) is 0 Å². The quantitative estimate of drug-likeness (QED) is 0.754. The first kappa shape index (κ1) is 9.86. The Morgan fingerprint density at radius 2 is 1.64 bits per heavy atom. The van der Waals surface area contributed by atoms with Gasteiger partial charge in [0, 0.05) is 21.5 Å². The molecular weight excluding hydrogens is 310 g/mol. The first-order valence-corrected chi connectivity index (χ1v) is 5.45. The maximum atomic E-state index is 5.92. The molecule has 1 heterocycles. The molecule has 0 bridgehead atoms. The largest absolute Gasteiger partial charge is 0.251 e. The zero-order valence-corrected chi connectivity index (χ0v) is 10.0. The van der Waals surface area contributed by atoms with Crippen LogP contribution in [-0.2, 0) is 0 Å². The van der Waals surface area contributed by atoms with Crippen molar-refractivity contribution in [2.75, 3.05) is 0 Å². The molecule has 2 nitrogen and oxygen atoms in total. The summed E-state index contributed by atoms with van der Waals surface area (Å²) in [6.07, 6.45) is 3.22. The zero-order valence-electron chi connectivity index (χ0n) is 7.11. The van der Waals surface area contributed by atoms with Crippen LogP contribution >= 0.6 is 34.2 Å². The fourth-order valence-corrected chi connectivity index (χ4v) is 1.70. The molecule has 1 aromatic carbocycles. The third kappa shape index (κ3) is 2.04.